The molecule has 1 amide bonds. The van der Waals surface area contributed by atoms with Crippen LogP contribution in [0.3, 0.4) is 0 Å². The van der Waals surface area contributed by atoms with Crippen LogP contribution in [-0.2, 0) is 4.79 Å². The highest BCUT2D eigenvalue weighted by atomic mass is 16.2. The zero-order chi connectivity index (χ0) is 14.0. The normalized spacial score (nSPS) is 22.3. The van der Waals surface area contributed by atoms with Gasteiger partial charge in [0.15, 0.2) is 0 Å². The SMILES string of the molecule is C=C(C)CC1(C)CC(c2ccccc2)=NN1C(C)=O. The van der Waals surface area contributed by atoms with E-state index in [9.17, 15) is 4.79 Å². The molecule has 0 bridgehead atoms. The van der Waals surface area contributed by atoms with Gasteiger partial charge in [0.05, 0.1) is 11.3 Å². The Morgan fingerprint density at radius 1 is 1.37 bits per heavy atom. The number of nitrogens with zero attached hydrogens (tertiary/aromatic N) is 2. The Bertz CT molecular complexity index is 533. The molecule has 0 N–H and O–H groups in total. The summed E-state index contributed by atoms with van der Waals surface area (Å²) in [6.45, 7) is 9.59. The van der Waals surface area contributed by atoms with Crippen molar-refractivity contribution in [1.29, 1.82) is 0 Å². The van der Waals surface area contributed by atoms with Crippen molar-refractivity contribution in [3.8, 4) is 0 Å². The smallest absolute Gasteiger partial charge is 0.240 e. The minimum Gasteiger partial charge on any atom is -0.273 e. The van der Waals surface area contributed by atoms with Crippen molar-refractivity contribution in [3.05, 3.63) is 48.0 Å². The van der Waals surface area contributed by atoms with Crippen LogP contribution in [0.1, 0.15) is 39.2 Å². The van der Waals surface area contributed by atoms with Gasteiger partial charge in [-0.15, -0.1) is 6.58 Å². The number of amides is 1. The highest BCUT2D eigenvalue weighted by Crippen LogP contribution is 2.34. The van der Waals surface area contributed by atoms with Gasteiger partial charge in [-0.05, 0) is 25.8 Å². The van der Waals surface area contributed by atoms with E-state index in [0.717, 1.165) is 29.7 Å². The summed E-state index contributed by atoms with van der Waals surface area (Å²) in [4.78, 5) is 11.8. The van der Waals surface area contributed by atoms with Gasteiger partial charge in [0.2, 0.25) is 5.91 Å². The second kappa shape index (κ2) is 5.00. The van der Waals surface area contributed by atoms with Crippen LogP contribution in [0, 0.1) is 0 Å². The van der Waals surface area contributed by atoms with Crippen molar-refractivity contribution in [2.75, 3.05) is 0 Å². The Balaban J connectivity index is 2.33. The lowest BCUT2D eigenvalue weighted by atomic mass is 9.87. The molecule has 19 heavy (non-hydrogen) atoms. The maximum atomic E-state index is 11.8. The van der Waals surface area contributed by atoms with E-state index in [1.807, 2.05) is 37.3 Å². The summed E-state index contributed by atoms with van der Waals surface area (Å²) in [5.74, 6) is -0.0188. The summed E-state index contributed by atoms with van der Waals surface area (Å²) < 4.78 is 0. The first-order chi connectivity index (χ1) is 8.92. The van der Waals surface area contributed by atoms with Crippen molar-refractivity contribution in [2.45, 2.75) is 39.2 Å². The van der Waals surface area contributed by atoms with E-state index < -0.39 is 0 Å². The number of carbonyl (C=O) groups is 1. The molecule has 2 rings (SSSR count). The zero-order valence-electron chi connectivity index (χ0n) is 11.8. The molecule has 1 aromatic carbocycles. The summed E-state index contributed by atoms with van der Waals surface area (Å²) in [7, 11) is 0. The first-order valence-corrected chi connectivity index (χ1v) is 6.50. The third-order valence-corrected chi connectivity index (χ3v) is 3.37. The van der Waals surface area contributed by atoms with Gasteiger partial charge < -0.3 is 0 Å². The molecule has 1 aromatic rings. The molecule has 3 nitrogen and oxygen atoms in total. The molecule has 0 saturated carbocycles. The van der Waals surface area contributed by atoms with E-state index in [2.05, 4.69) is 18.6 Å². The predicted molar refractivity (Wildman–Crippen MR) is 78.0 cm³/mol. The van der Waals surface area contributed by atoms with Crippen molar-refractivity contribution in [1.82, 2.24) is 5.01 Å². The fraction of sp³-hybridized carbons (Fsp3) is 0.375. The molecule has 1 atom stereocenters. The van der Waals surface area contributed by atoms with Crippen LogP contribution in [0.4, 0.5) is 0 Å². The molecule has 1 unspecified atom stereocenters. The molecule has 0 fully saturated rings. The third kappa shape index (κ3) is 2.75. The van der Waals surface area contributed by atoms with Crippen molar-refractivity contribution < 1.29 is 4.79 Å². The number of rotatable bonds is 3. The van der Waals surface area contributed by atoms with Gasteiger partial charge >= 0.3 is 0 Å². The molecule has 0 aliphatic carbocycles. The molecule has 0 spiro atoms. The van der Waals surface area contributed by atoms with E-state index in [0.29, 0.717) is 0 Å². The first-order valence-electron chi connectivity index (χ1n) is 6.50. The van der Waals surface area contributed by atoms with E-state index >= 15 is 0 Å². The standard InChI is InChI=1S/C16H20N2O/c1-12(2)10-16(4)11-15(17-18(16)13(3)19)14-8-6-5-7-9-14/h5-9H,1,10-11H2,2-4H3. The van der Waals surface area contributed by atoms with Crippen LogP contribution in [-0.4, -0.2) is 22.2 Å². The Morgan fingerprint density at radius 2 is 2.00 bits per heavy atom. The fourth-order valence-corrected chi connectivity index (χ4v) is 2.74. The van der Waals surface area contributed by atoms with Crippen LogP contribution >= 0.6 is 0 Å². The number of carbonyl (C=O) groups excluding carboxylic acids is 1. The van der Waals surface area contributed by atoms with Crippen LogP contribution in [0.15, 0.2) is 47.6 Å². The number of benzene rings is 1. The third-order valence-electron chi connectivity index (χ3n) is 3.37. The second-order valence-corrected chi connectivity index (χ2v) is 5.55. The van der Waals surface area contributed by atoms with Gasteiger partial charge in [-0.3, -0.25) is 4.79 Å². The van der Waals surface area contributed by atoms with E-state index in [1.54, 1.807) is 11.9 Å². The monoisotopic (exact) mass is 256 g/mol. The van der Waals surface area contributed by atoms with Crippen molar-refractivity contribution in [2.24, 2.45) is 5.10 Å². The van der Waals surface area contributed by atoms with Crippen molar-refractivity contribution >= 4 is 11.6 Å². The largest absolute Gasteiger partial charge is 0.273 e. The number of hydrogen-bond donors (Lipinski definition) is 0. The molecule has 1 aliphatic rings. The van der Waals surface area contributed by atoms with Crippen LogP contribution in [0.25, 0.3) is 0 Å². The van der Waals surface area contributed by atoms with Gasteiger partial charge in [0.25, 0.3) is 0 Å². The average molecular weight is 256 g/mol. The summed E-state index contributed by atoms with van der Waals surface area (Å²) in [5, 5.41) is 6.14. The van der Waals surface area contributed by atoms with Gasteiger partial charge in [0.1, 0.15) is 0 Å². The summed E-state index contributed by atoms with van der Waals surface area (Å²) in [6, 6.07) is 10.0. The lowest BCUT2D eigenvalue weighted by molar-refractivity contribution is -0.133. The highest BCUT2D eigenvalue weighted by Gasteiger charge is 2.40. The topological polar surface area (TPSA) is 32.7 Å². The molecule has 100 valence electrons. The van der Waals surface area contributed by atoms with Crippen LogP contribution in [0.2, 0.25) is 0 Å². The molecular weight excluding hydrogens is 236 g/mol. The Labute approximate surface area is 114 Å². The van der Waals surface area contributed by atoms with Gasteiger partial charge in [-0.2, -0.15) is 5.10 Å². The molecule has 1 aliphatic heterocycles. The highest BCUT2D eigenvalue weighted by molar-refractivity contribution is 6.03. The molecular formula is C16H20N2O. The molecule has 3 heteroatoms. The Kier molecular flexibility index (Phi) is 3.56. The van der Waals surface area contributed by atoms with E-state index in [-0.39, 0.29) is 11.4 Å². The summed E-state index contributed by atoms with van der Waals surface area (Å²) in [5.41, 5.74) is 2.83. The van der Waals surface area contributed by atoms with Gasteiger partial charge in [0, 0.05) is 13.3 Å². The van der Waals surface area contributed by atoms with E-state index in [1.165, 1.54) is 0 Å². The average Bonchev–Trinajstić information content (AvgIpc) is 2.67. The molecule has 0 radical (unpaired) electrons. The maximum absolute atomic E-state index is 11.8. The molecule has 1 heterocycles. The molecule has 0 aromatic heterocycles. The minimum absolute atomic E-state index is 0.0188. The molecule has 0 saturated heterocycles. The van der Waals surface area contributed by atoms with E-state index in [4.69, 9.17) is 0 Å². The maximum Gasteiger partial charge on any atom is 0.240 e. The fourth-order valence-electron chi connectivity index (χ4n) is 2.74. The Hall–Kier alpha value is -1.90. The van der Waals surface area contributed by atoms with Crippen molar-refractivity contribution in [3.63, 3.8) is 0 Å². The quantitative estimate of drug-likeness (QED) is 0.763. The van der Waals surface area contributed by atoms with Crippen LogP contribution in [0.5, 0.6) is 0 Å². The summed E-state index contributed by atoms with van der Waals surface area (Å²) >= 11 is 0. The lowest BCUT2D eigenvalue weighted by Crippen LogP contribution is -2.42. The zero-order valence-corrected chi connectivity index (χ0v) is 11.8. The summed E-state index contributed by atoms with van der Waals surface area (Å²) in [6.07, 6.45) is 1.54. The van der Waals surface area contributed by atoms with Gasteiger partial charge in [-0.25, -0.2) is 5.01 Å². The van der Waals surface area contributed by atoms with Crippen LogP contribution < -0.4 is 0 Å². The second-order valence-electron chi connectivity index (χ2n) is 5.55. The minimum atomic E-state index is -0.289. The first kappa shape index (κ1) is 13.5. The lowest BCUT2D eigenvalue weighted by Gasteiger charge is -2.32. The Morgan fingerprint density at radius 3 is 2.53 bits per heavy atom. The number of hydrogen-bond acceptors (Lipinski definition) is 2. The number of hydrazone groups is 1. The van der Waals surface area contributed by atoms with Gasteiger partial charge in [-0.1, -0.05) is 35.9 Å². The predicted octanol–water partition coefficient (Wildman–Crippen LogP) is 3.37.